The third-order valence-corrected chi connectivity index (χ3v) is 3.06. The SMILES string of the molecule is Cc1cccc(N(C)C(C)CBr)n1. The number of pyridine rings is 1. The summed E-state index contributed by atoms with van der Waals surface area (Å²) in [5, 5.41) is 0.957. The molecule has 0 aromatic carbocycles. The average molecular weight is 243 g/mol. The molecular formula is C10H15BrN2. The van der Waals surface area contributed by atoms with E-state index in [0.29, 0.717) is 6.04 Å². The Morgan fingerprint density at radius 2 is 2.23 bits per heavy atom. The zero-order chi connectivity index (χ0) is 9.84. The van der Waals surface area contributed by atoms with Crippen molar-refractivity contribution in [1.82, 2.24) is 4.98 Å². The van der Waals surface area contributed by atoms with Crippen LogP contribution in [0.15, 0.2) is 18.2 Å². The number of aryl methyl sites for hydroxylation is 1. The highest BCUT2D eigenvalue weighted by atomic mass is 79.9. The molecule has 0 aliphatic carbocycles. The van der Waals surface area contributed by atoms with Gasteiger partial charge in [0.25, 0.3) is 0 Å². The summed E-state index contributed by atoms with van der Waals surface area (Å²) in [5.41, 5.74) is 1.06. The lowest BCUT2D eigenvalue weighted by Gasteiger charge is -2.24. The molecule has 1 atom stereocenters. The molecule has 0 aliphatic heterocycles. The number of nitrogens with zero attached hydrogens (tertiary/aromatic N) is 2. The largest absolute Gasteiger partial charge is 0.356 e. The highest BCUT2D eigenvalue weighted by molar-refractivity contribution is 9.09. The molecule has 1 aromatic heterocycles. The van der Waals surface area contributed by atoms with E-state index in [0.717, 1.165) is 16.8 Å². The molecular weight excluding hydrogens is 228 g/mol. The molecule has 0 saturated carbocycles. The monoisotopic (exact) mass is 242 g/mol. The van der Waals surface area contributed by atoms with Gasteiger partial charge in [0.1, 0.15) is 5.82 Å². The zero-order valence-electron chi connectivity index (χ0n) is 8.29. The smallest absolute Gasteiger partial charge is 0.128 e. The van der Waals surface area contributed by atoms with Gasteiger partial charge in [0.2, 0.25) is 0 Å². The number of hydrogen-bond acceptors (Lipinski definition) is 2. The molecule has 0 radical (unpaired) electrons. The molecule has 0 aliphatic rings. The Morgan fingerprint density at radius 1 is 1.54 bits per heavy atom. The molecule has 3 heteroatoms. The molecule has 0 N–H and O–H groups in total. The van der Waals surface area contributed by atoms with Crippen molar-refractivity contribution in [3.63, 3.8) is 0 Å². The third-order valence-electron chi connectivity index (χ3n) is 2.12. The van der Waals surface area contributed by atoms with Crippen LogP contribution in [0.2, 0.25) is 0 Å². The maximum absolute atomic E-state index is 4.45. The van der Waals surface area contributed by atoms with Crippen LogP contribution in [0.3, 0.4) is 0 Å². The van der Waals surface area contributed by atoms with E-state index in [2.05, 4.69) is 39.8 Å². The molecule has 1 heterocycles. The van der Waals surface area contributed by atoms with Gasteiger partial charge in [-0.3, -0.25) is 0 Å². The second kappa shape index (κ2) is 4.61. The molecule has 0 fully saturated rings. The van der Waals surface area contributed by atoms with E-state index in [9.17, 15) is 0 Å². The normalized spacial score (nSPS) is 12.6. The van der Waals surface area contributed by atoms with Crippen LogP contribution in [-0.2, 0) is 0 Å². The van der Waals surface area contributed by atoms with Crippen LogP contribution in [0.4, 0.5) is 5.82 Å². The molecule has 0 amide bonds. The second-order valence-corrected chi connectivity index (χ2v) is 3.90. The first-order valence-corrected chi connectivity index (χ1v) is 5.49. The molecule has 0 spiro atoms. The molecule has 13 heavy (non-hydrogen) atoms. The Kier molecular flexibility index (Phi) is 3.72. The van der Waals surface area contributed by atoms with Gasteiger partial charge in [0.05, 0.1) is 0 Å². The molecule has 2 nitrogen and oxygen atoms in total. The van der Waals surface area contributed by atoms with E-state index in [-0.39, 0.29) is 0 Å². The van der Waals surface area contributed by atoms with Crippen LogP contribution in [0.25, 0.3) is 0 Å². The molecule has 0 saturated heterocycles. The number of hydrogen-bond donors (Lipinski definition) is 0. The van der Waals surface area contributed by atoms with Gasteiger partial charge in [-0.05, 0) is 26.0 Å². The lowest BCUT2D eigenvalue weighted by molar-refractivity contribution is 0.755. The summed E-state index contributed by atoms with van der Waals surface area (Å²) in [5.74, 6) is 1.03. The predicted octanol–water partition coefficient (Wildman–Crippen LogP) is 2.61. The molecule has 0 bridgehead atoms. The lowest BCUT2D eigenvalue weighted by Crippen LogP contribution is -2.30. The van der Waals surface area contributed by atoms with Crippen LogP contribution >= 0.6 is 15.9 Å². The van der Waals surface area contributed by atoms with Gasteiger partial charge >= 0.3 is 0 Å². The minimum Gasteiger partial charge on any atom is -0.356 e. The molecule has 72 valence electrons. The van der Waals surface area contributed by atoms with Crippen LogP contribution in [0.5, 0.6) is 0 Å². The average Bonchev–Trinajstić information content (AvgIpc) is 2.15. The standard InChI is InChI=1S/C10H15BrN2/c1-8-5-4-6-10(12-8)13(3)9(2)7-11/h4-6,9H,7H2,1-3H3. The van der Waals surface area contributed by atoms with Gasteiger partial charge in [0.15, 0.2) is 0 Å². The molecule has 1 rings (SSSR count). The Bertz CT molecular complexity index is 275. The third kappa shape index (κ3) is 2.69. The highest BCUT2D eigenvalue weighted by Gasteiger charge is 2.08. The van der Waals surface area contributed by atoms with Crippen LogP contribution in [0, 0.1) is 6.92 Å². The highest BCUT2D eigenvalue weighted by Crippen LogP contribution is 2.13. The number of alkyl halides is 1. The Morgan fingerprint density at radius 3 is 2.77 bits per heavy atom. The maximum atomic E-state index is 4.45. The molecule has 1 aromatic rings. The van der Waals surface area contributed by atoms with E-state index in [1.807, 2.05) is 25.1 Å². The van der Waals surface area contributed by atoms with Crippen LogP contribution < -0.4 is 4.90 Å². The minimum absolute atomic E-state index is 0.467. The van der Waals surface area contributed by atoms with E-state index in [1.54, 1.807) is 0 Å². The Hall–Kier alpha value is -0.570. The Balaban J connectivity index is 2.82. The summed E-state index contributed by atoms with van der Waals surface area (Å²) < 4.78 is 0. The fraction of sp³-hybridized carbons (Fsp3) is 0.500. The van der Waals surface area contributed by atoms with Crippen molar-refractivity contribution < 1.29 is 0 Å². The van der Waals surface area contributed by atoms with Crippen molar-refractivity contribution in [2.75, 3.05) is 17.3 Å². The van der Waals surface area contributed by atoms with E-state index in [4.69, 9.17) is 0 Å². The predicted molar refractivity (Wildman–Crippen MR) is 60.6 cm³/mol. The van der Waals surface area contributed by atoms with Crippen molar-refractivity contribution in [3.05, 3.63) is 23.9 Å². The summed E-state index contributed by atoms with van der Waals surface area (Å²) in [6.07, 6.45) is 0. The number of aromatic nitrogens is 1. The topological polar surface area (TPSA) is 16.1 Å². The first-order chi connectivity index (χ1) is 6.15. The fourth-order valence-corrected chi connectivity index (χ4v) is 1.49. The summed E-state index contributed by atoms with van der Waals surface area (Å²) >= 11 is 3.46. The van der Waals surface area contributed by atoms with E-state index in [1.165, 1.54) is 0 Å². The minimum atomic E-state index is 0.467. The summed E-state index contributed by atoms with van der Waals surface area (Å²) in [6, 6.07) is 6.55. The van der Waals surface area contributed by atoms with Crippen molar-refractivity contribution in [2.24, 2.45) is 0 Å². The van der Waals surface area contributed by atoms with Gasteiger partial charge < -0.3 is 4.90 Å². The first kappa shape index (κ1) is 10.5. The van der Waals surface area contributed by atoms with E-state index >= 15 is 0 Å². The van der Waals surface area contributed by atoms with Gasteiger partial charge in [-0.1, -0.05) is 22.0 Å². The first-order valence-electron chi connectivity index (χ1n) is 4.37. The van der Waals surface area contributed by atoms with Crippen molar-refractivity contribution in [3.8, 4) is 0 Å². The van der Waals surface area contributed by atoms with E-state index < -0.39 is 0 Å². The van der Waals surface area contributed by atoms with Crippen LogP contribution in [-0.4, -0.2) is 23.4 Å². The quantitative estimate of drug-likeness (QED) is 0.758. The van der Waals surface area contributed by atoms with Crippen molar-refractivity contribution >= 4 is 21.7 Å². The second-order valence-electron chi connectivity index (χ2n) is 3.25. The summed E-state index contributed by atoms with van der Waals surface area (Å²) in [4.78, 5) is 6.62. The van der Waals surface area contributed by atoms with Crippen molar-refractivity contribution in [1.29, 1.82) is 0 Å². The fourth-order valence-electron chi connectivity index (χ4n) is 1.05. The van der Waals surface area contributed by atoms with Gasteiger partial charge in [-0.25, -0.2) is 4.98 Å². The summed E-state index contributed by atoms with van der Waals surface area (Å²) in [6.45, 7) is 4.18. The number of rotatable bonds is 3. The maximum Gasteiger partial charge on any atom is 0.128 e. The zero-order valence-corrected chi connectivity index (χ0v) is 9.87. The van der Waals surface area contributed by atoms with Gasteiger partial charge in [0, 0.05) is 24.1 Å². The number of halogens is 1. The number of anilines is 1. The van der Waals surface area contributed by atoms with Crippen molar-refractivity contribution in [2.45, 2.75) is 19.9 Å². The summed E-state index contributed by atoms with van der Waals surface area (Å²) in [7, 11) is 2.06. The molecule has 1 unspecified atom stereocenters. The van der Waals surface area contributed by atoms with Crippen LogP contribution in [0.1, 0.15) is 12.6 Å². The van der Waals surface area contributed by atoms with Gasteiger partial charge in [-0.2, -0.15) is 0 Å². The van der Waals surface area contributed by atoms with Gasteiger partial charge in [-0.15, -0.1) is 0 Å². The lowest BCUT2D eigenvalue weighted by atomic mass is 10.3. The Labute approximate surface area is 88.1 Å².